The largest absolute Gasteiger partial charge is 0.369 e. The predicted molar refractivity (Wildman–Crippen MR) is 76.4 cm³/mol. The highest BCUT2D eigenvalue weighted by Gasteiger charge is 2.18. The number of benzene rings is 1. The van der Waals surface area contributed by atoms with Crippen LogP contribution in [0.4, 0.5) is 10.3 Å². The number of hydrogen-bond donors (Lipinski definition) is 1. The Balaban J connectivity index is 2.34. The first-order valence-corrected chi connectivity index (χ1v) is 6.50. The average Bonchev–Trinajstić information content (AvgIpc) is 2.90. The maximum atomic E-state index is 13.8. The van der Waals surface area contributed by atoms with E-state index in [9.17, 15) is 4.39 Å². The number of nitrogens with zero attached hydrogens (tertiary/aromatic N) is 4. The van der Waals surface area contributed by atoms with E-state index in [4.69, 9.17) is 5.73 Å². The zero-order valence-corrected chi connectivity index (χ0v) is 11.7. The van der Waals surface area contributed by atoms with Crippen LogP contribution in [0.15, 0.2) is 18.2 Å². The van der Waals surface area contributed by atoms with Gasteiger partial charge in [-0.15, -0.1) is 0 Å². The summed E-state index contributed by atoms with van der Waals surface area (Å²) in [6.45, 7) is 6.31. The first-order chi connectivity index (χ1) is 9.52. The van der Waals surface area contributed by atoms with E-state index in [1.165, 1.54) is 6.07 Å². The molecule has 2 N–H and O–H groups in total. The lowest BCUT2D eigenvalue weighted by atomic mass is 10.2. The highest BCUT2D eigenvalue weighted by Crippen LogP contribution is 2.26. The Hall–Kier alpha value is -2.37. The maximum absolute atomic E-state index is 13.8. The van der Waals surface area contributed by atoms with Crippen LogP contribution < -0.4 is 5.73 Å². The number of rotatable bonds is 2. The standard InChI is InChI=1S/C14H16FN5/c1-4-19-13-12(9(3)18-19)17-14(16)20(13)10-6-5-8(2)11(15)7-10/h5-7H,4H2,1-3H3,(H2,16,17). The van der Waals surface area contributed by atoms with Gasteiger partial charge in [0.15, 0.2) is 5.65 Å². The number of halogens is 1. The van der Waals surface area contributed by atoms with Crippen molar-refractivity contribution in [2.24, 2.45) is 0 Å². The highest BCUT2D eigenvalue weighted by atomic mass is 19.1. The number of aryl methyl sites for hydroxylation is 3. The van der Waals surface area contributed by atoms with E-state index in [0.717, 1.165) is 16.9 Å². The maximum Gasteiger partial charge on any atom is 0.207 e. The molecule has 0 aliphatic rings. The summed E-state index contributed by atoms with van der Waals surface area (Å²) in [6, 6.07) is 5.03. The van der Waals surface area contributed by atoms with Gasteiger partial charge in [-0.3, -0.25) is 4.57 Å². The molecule has 5 nitrogen and oxygen atoms in total. The molecule has 0 amide bonds. The molecule has 0 radical (unpaired) electrons. The fraction of sp³-hybridized carbons (Fsp3) is 0.286. The monoisotopic (exact) mass is 273 g/mol. The van der Waals surface area contributed by atoms with Crippen molar-refractivity contribution in [3.05, 3.63) is 35.3 Å². The van der Waals surface area contributed by atoms with Crippen molar-refractivity contribution in [2.45, 2.75) is 27.3 Å². The molecule has 2 aromatic heterocycles. The number of aromatic nitrogens is 4. The molecule has 0 fully saturated rings. The van der Waals surface area contributed by atoms with Crippen molar-refractivity contribution < 1.29 is 4.39 Å². The topological polar surface area (TPSA) is 61.7 Å². The van der Waals surface area contributed by atoms with Gasteiger partial charge in [-0.2, -0.15) is 5.10 Å². The second-order valence-corrected chi connectivity index (χ2v) is 4.81. The van der Waals surface area contributed by atoms with Crippen LogP contribution in [-0.2, 0) is 6.54 Å². The predicted octanol–water partition coefficient (Wildman–Crippen LogP) is 2.58. The number of nitrogens with two attached hydrogens (primary N) is 1. The van der Waals surface area contributed by atoms with Crippen LogP contribution in [0.3, 0.4) is 0 Å². The van der Waals surface area contributed by atoms with E-state index < -0.39 is 0 Å². The molecule has 0 aliphatic carbocycles. The first kappa shape index (κ1) is 12.7. The van der Waals surface area contributed by atoms with Gasteiger partial charge in [0.2, 0.25) is 5.95 Å². The second-order valence-electron chi connectivity index (χ2n) is 4.81. The normalized spacial score (nSPS) is 11.4. The van der Waals surface area contributed by atoms with Crippen molar-refractivity contribution in [1.29, 1.82) is 0 Å². The van der Waals surface area contributed by atoms with E-state index >= 15 is 0 Å². The zero-order chi connectivity index (χ0) is 14.4. The Morgan fingerprint density at radius 1 is 1.30 bits per heavy atom. The van der Waals surface area contributed by atoms with Crippen LogP contribution in [0.2, 0.25) is 0 Å². The van der Waals surface area contributed by atoms with E-state index in [0.29, 0.717) is 23.7 Å². The van der Waals surface area contributed by atoms with E-state index in [2.05, 4.69) is 10.1 Å². The molecule has 3 rings (SSSR count). The molecule has 6 heteroatoms. The average molecular weight is 273 g/mol. The Kier molecular flexibility index (Phi) is 2.74. The van der Waals surface area contributed by atoms with Gasteiger partial charge in [0, 0.05) is 6.54 Å². The first-order valence-electron chi connectivity index (χ1n) is 6.50. The molecule has 2 heterocycles. The minimum atomic E-state index is -0.261. The second kappa shape index (κ2) is 4.33. The lowest BCUT2D eigenvalue weighted by Gasteiger charge is -2.09. The van der Waals surface area contributed by atoms with Crippen molar-refractivity contribution in [2.75, 3.05) is 5.73 Å². The molecular formula is C14H16FN5. The van der Waals surface area contributed by atoms with Crippen LogP contribution in [0.1, 0.15) is 18.2 Å². The van der Waals surface area contributed by atoms with Crippen molar-refractivity contribution in [1.82, 2.24) is 19.3 Å². The zero-order valence-electron chi connectivity index (χ0n) is 11.7. The van der Waals surface area contributed by atoms with Gasteiger partial charge in [-0.05, 0) is 38.5 Å². The van der Waals surface area contributed by atoms with Gasteiger partial charge in [-0.1, -0.05) is 6.07 Å². The Bertz CT molecular complexity index is 800. The van der Waals surface area contributed by atoms with Crippen LogP contribution in [-0.4, -0.2) is 19.3 Å². The number of hydrogen-bond acceptors (Lipinski definition) is 3. The molecule has 0 saturated heterocycles. The lowest BCUT2D eigenvalue weighted by Crippen LogP contribution is -2.07. The van der Waals surface area contributed by atoms with Crippen LogP contribution in [0.25, 0.3) is 16.9 Å². The minimum absolute atomic E-state index is 0.261. The summed E-state index contributed by atoms with van der Waals surface area (Å²) in [7, 11) is 0. The van der Waals surface area contributed by atoms with Gasteiger partial charge >= 0.3 is 0 Å². The fourth-order valence-electron chi connectivity index (χ4n) is 2.38. The SMILES string of the molecule is CCn1nc(C)c2nc(N)n(-c3ccc(C)c(F)c3)c21. The summed E-state index contributed by atoms with van der Waals surface area (Å²) in [5, 5.41) is 4.42. The Labute approximate surface area is 115 Å². The molecule has 0 bridgehead atoms. The minimum Gasteiger partial charge on any atom is -0.369 e. The van der Waals surface area contributed by atoms with E-state index in [-0.39, 0.29) is 5.82 Å². The van der Waals surface area contributed by atoms with Crippen molar-refractivity contribution in [3.8, 4) is 5.69 Å². The van der Waals surface area contributed by atoms with Crippen molar-refractivity contribution in [3.63, 3.8) is 0 Å². The van der Waals surface area contributed by atoms with Crippen molar-refractivity contribution >= 4 is 17.1 Å². The molecule has 0 unspecified atom stereocenters. The molecule has 0 saturated carbocycles. The molecular weight excluding hydrogens is 257 g/mol. The third-order valence-corrected chi connectivity index (χ3v) is 3.45. The van der Waals surface area contributed by atoms with Gasteiger partial charge in [0.1, 0.15) is 11.3 Å². The van der Waals surface area contributed by atoms with Gasteiger partial charge in [0.05, 0.1) is 11.4 Å². The molecule has 104 valence electrons. The summed E-state index contributed by atoms with van der Waals surface area (Å²) >= 11 is 0. The summed E-state index contributed by atoms with van der Waals surface area (Å²) < 4.78 is 17.4. The number of fused-ring (bicyclic) bond motifs is 1. The number of anilines is 1. The van der Waals surface area contributed by atoms with Crippen LogP contribution in [0.5, 0.6) is 0 Å². The van der Waals surface area contributed by atoms with Gasteiger partial charge in [-0.25, -0.2) is 14.1 Å². The Morgan fingerprint density at radius 2 is 2.05 bits per heavy atom. The molecule has 3 aromatic rings. The summed E-state index contributed by atoms with van der Waals surface area (Å²) in [6.07, 6.45) is 0. The summed E-state index contributed by atoms with van der Waals surface area (Å²) in [5.74, 6) is 0.0778. The summed E-state index contributed by atoms with van der Waals surface area (Å²) in [4.78, 5) is 4.34. The molecule has 0 aliphatic heterocycles. The fourth-order valence-corrected chi connectivity index (χ4v) is 2.38. The summed E-state index contributed by atoms with van der Waals surface area (Å²) in [5.41, 5.74) is 9.63. The number of nitrogen functional groups attached to an aromatic ring is 1. The quantitative estimate of drug-likeness (QED) is 0.780. The lowest BCUT2D eigenvalue weighted by molar-refractivity contribution is 0.617. The van der Waals surface area contributed by atoms with Gasteiger partial charge < -0.3 is 5.73 Å². The van der Waals surface area contributed by atoms with Crippen LogP contribution >= 0.6 is 0 Å². The molecule has 0 atom stereocenters. The van der Waals surface area contributed by atoms with E-state index in [1.54, 1.807) is 17.6 Å². The van der Waals surface area contributed by atoms with E-state index in [1.807, 2.05) is 24.6 Å². The third-order valence-electron chi connectivity index (χ3n) is 3.45. The van der Waals surface area contributed by atoms with Gasteiger partial charge in [0.25, 0.3) is 0 Å². The van der Waals surface area contributed by atoms with Crippen LogP contribution in [0, 0.1) is 19.7 Å². The number of imidazole rings is 1. The molecule has 20 heavy (non-hydrogen) atoms. The highest BCUT2D eigenvalue weighted by molar-refractivity contribution is 5.80. The third kappa shape index (κ3) is 1.68. The molecule has 0 spiro atoms. The molecule has 1 aromatic carbocycles. The Morgan fingerprint density at radius 3 is 2.70 bits per heavy atom. The smallest absolute Gasteiger partial charge is 0.207 e.